The van der Waals surface area contributed by atoms with Crippen LogP contribution in [0.5, 0.6) is 5.75 Å². The van der Waals surface area contributed by atoms with Gasteiger partial charge in [-0.25, -0.2) is 0 Å². The SMILES string of the molecule is C.CCC(C)c1ccc(OCCC(=O)OC2(C)C3CC4CC2CC(C)(C4)C3)cc1. The van der Waals surface area contributed by atoms with Gasteiger partial charge in [0.15, 0.2) is 0 Å². The van der Waals surface area contributed by atoms with Crippen molar-refractivity contribution in [3.05, 3.63) is 29.8 Å². The molecule has 1 aromatic rings. The summed E-state index contributed by atoms with van der Waals surface area (Å²) in [5.41, 5.74) is 1.57. The van der Waals surface area contributed by atoms with Gasteiger partial charge in [0.05, 0.1) is 13.0 Å². The van der Waals surface area contributed by atoms with Crippen molar-refractivity contribution in [1.29, 1.82) is 0 Å². The molecule has 0 aromatic heterocycles. The van der Waals surface area contributed by atoms with E-state index in [-0.39, 0.29) is 19.0 Å². The van der Waals surface area contributed by atoms with Gasteiger partial charge in [0.25, 0.3) is 0 Å². The van der Waals surface area contributed by atoms with Crippen molar-refractivity contribution in [2.24, 2.45) is 23.2 Å². The Morgan fingerprint density at radius 2 is 1.72 bits per heavy atom. The fourth-order valence-corrected chi connectivity index (χ4v) is 6.42. The van der Waals surface area contributed by atoms with Crippen molar-refractivity contribution in [1.82, 2.24) is 0 Å². The van der Waals surface area contributed by atoms with Crippen LogP contribution in [0.2, 0.25) is 0 Å². The number of carbonyl (C=O) groups is 1. The van der Waals surface area contributed by atoms with Crippen molar-refractivity contribution in [2.75, 3.05) is 6.61 Å². The van der Waals surface area contributed by atoms with Crippen LogP contribution in [0.25, 0.3) is 0 Å². The molecule has 3 nitrogen and oxygen atoms in total. The predicted octanol–water partition coefficient (Wildman–Crippen LogP) is 6.75. The predicted molar refractivity (Wildman–Crippen MR) is 118 cm³/mol. The number of esters is 1. The molecule has 4 aliphatic carbocycles. The molecule has 0 heterocycles. The van der Waals surface area contributed by atoms with Crippen molar-refractivity contribution in [3.8, 4) is 5.75 Å². The van der Waals surface area contributed by atoms with Crippen LogP contribution in [0.1, 0.15) is 91.5 Å². The summed E-state index contributed by atoms with van der Waals surface area (Å²) in [6.07, 6.45) is 7.78. The van der Waals surface area contributed by atoms with Gasteiger partial charge in [-0.15, -0.1) is 0 Å². The normalized spacial score (nSPS) is 35.7. The van der Waals surface area contributed by atoms with Crippen LogP contribution < -0.4 is 4.74 Å². The standard InChI is InChI=1S/C25H36O3.CH4/c1-5-17(2)19-6-8-22(9-7-19)27-11-10-23(26)28-25(4)20-12-18-13-21(25)16-24(3,14-18)15-20;/h6-9,17-18,20-21H,5,10-16H2,1-4H3;1H4. The number of rotatable bonds is 7. The maximum absolute atomic E-state index is 12.6. The van der Waals surface area contributed by atoms with Crippen LogP contribution in [0.15, 0.2) is 24.3 Å². The maximum atomic E-state index is 12.6. The first-order valence-electron chi connectivity index (χ1n) is 11.3. The highest BCUT2D eigenvalue weighted by Crippen LogP contribution is 2.64. The van der Waals surface area contributed by atoms with Gasteiger partial charge in [0.1, 0.15) is 11.4 Å². The van der Waals surface area contributed by atoms with Crippen LogP contribution in [-0.4, -0.2) is 18.2 Å². The molecule has 1 aromatic carbocycles. The topological polar surface area (TPSA) is 35.5 Å². The third-order valence-corrected chi connectivity index (χ3v) is 8.09. The first-order chi connectivity index (χ1) is 13.3. The summed E-state index contributed by atoms with van der Waals surface area (Å²) in [7, 11) is 0. The highest BCUT2D eigenvalue weighted by Gasteiger charge is 2.60. The average Bonchev–Trinajstić information content (AvgIpc) is 2.65. The second kappa shape index (κ2) is 8.32. The summed E-state index contributed by atoms with van der Waals surface area (Å²) < 4.78 is 11.9. The van der Waals surface area contributed by atoms with Gasteiger partial charge in [0.2, 0.25) is 0 Å². The second-order valence-electron chi connectivity index (χ2n) is 10.3. The quantitative estimate of drug-likeness (QED) is 0.475. The first-order valence-corrected chi connectivity index (χ1v) is 11.3. The molecule has 5 rings (SSSR count). The summed E-state index contributed by atoms with van der Waals surface area (Å²) in [4.78, 5) is 12.6. The van der Waals surface area contributed by atoms with Crippen molar-refractivity contribution >= 4 is 5.97 Å². The van der Waals surface area contributed by atoms with Crippen LogP contribution in [0, 0.1) is 23.2 Å². The van der Waals surface area contributed by atoms with Gasteiger partial charge in [-0.05, 0) is 92.2 Å². The molecule has 4 fully saturated rings. The van der Waals surface area contributed by atoms with E-state index in [0.29, 0.717) is 36.2 Å². The Hall–Kier alpha value is -1.51. The van der Waals surface area contributed by atoms with Gasteiger partial charge in [0, 0.05) is 0 Å². The smallest absolute Gasteiger partial charge is 0.309 e. The largest absolute Gasteiger partial charge is 0.493 e. The third kappa shape index (κ3) is 4.34. The van der Waals surface area contributed by atoms with E-state index in [0.717, 1.165) is 18.1 Å². The van der Waals surface area contributed by atoms with E-state index in [1.165, 1.54) is 37.7 Å². The molecule has 3 atom stereocenters. The maximum Gasteiger partial charge on any atom is 0.309 e. The molecule has 0 radical (unpaired) electrons. The third-order valence-electron chi connectivity index (χ3n) is 8.09. The number of benzene rings is 1. The molecule has 0 N–H and O–H groups in total. The molecule has 0 saturated heterocycles. The zero-order chi connectivity index (χ0) is 19.9. The zero-order valence-electron chi connectivity index (χ0n) is 18.0. The second-order valence-corrected chi connectivity index (χ2v) is 10.3. The van der Waals surface area contributed by atoms with Crippen LogP contribution in [0.4, 0.5) is 0 Å². The van der Waals surface area contributed by atoms with Gasteiger partial charge < -0.3 is 9.47 Å². The molecule has 162 valence electrons. The molecule has 0 amide bonds. The van der Waals surface area contributed by atoms with Gasteiger partial charge >= 0.3 is 5.97 Å². The Kier molecular flexibility index (Phi) is 6.36. The van der Waals surface area contributed by atoms with Crippen molar-refractivity contribution in [3.63, 3.8) is 0 Å². The molecule has 0 spiro atoms. The van der Waals surface area contributed by atoms with Crippen molar-refractivity contribution in [2.45, 2.75) is 91.6 Å². The fourth-order valence-electron chi connectivity index (χ4n) is 6.42. The minimum Gasteiger partial charge on any atom is -0.493 e. The highest BCUT2D eigenvalue weighted by atomic mass is 16.6. The summed E-state index contributed by atoms with van der Waals surface area (Å²) in [5, 5.41) is 0. The molecule has 4 aliphatic rings. The lowest BCUT2D eigenvalue weighted by Crippen LogP contribution is -2.60. The number of hydrogen-bond acceptors (Lipinski definition) is 3. The Morgan fingerprint density at radius 1 is 1.10 bits per heavy atom. The highest BCUT2D eigenvalue weighted by molar-refractivity contribution is 5.70. The van der Waals surface area contributed by atoms with Crippen LogP contribution in [-0.2, 0) is 9.53 Å². The molecule has 3 heteroatoms. The Bertz CT molecular complexity index is 691. The summed E-state index contributed by atoms with van der Waals surface area (Å²) >= 11 is 0. The monoisotopic (exact) mass is 400 g/mol. The van der Waals surface area contributed by atoms with E-state index in [1.807, 2.05) is 12.1 Å². The zero-order valence-corrected chi connectivity index (χ0v) is 18.0. The molecule has 3 unspecified atom stereocenters. The lowest BCUT2D eigenvalue weighted by atomic mass is 9.45. The molecular weight excluding hydrogens is 360 g/mol. The molecule has 4 bridgehead atoms. The minimum absolute atomic E-state index is 0. The summed E-state index contributed by atoms with van der Waals surface area (Å²) in [6, 6.07) is 8.26. The number of carbonyl (C=O) groups excluding carboxylic acids is 1. The fraction of sp³-hybridized carbons (Fsp3) is 0.731. The summed E-state index contributed by atoms with van der Waals surface area (Å²) in [5.74, 6) is 3.23. The van der Waals surface area contributed by atoms with E-state index in [9.17, 15) is 4.79 Å². The van der Waals surface area contributed by atoms with Crippen molar-refractivity contribution < 1.29 is 14.3 Å². The van der Waals surface area contributed by atoms with E-state index in [4.69, 9.17) is 9.47 Å². The number of hydrogen-bond donors (Lipinski definition) is 0. The average molecular weight is 401 g/mol. The van der Waals surface area contributed by atoms with Gasteiger partial charge in [-0.2, -0.15) is 0 Å². The Balaban J connectivity index is 0.00000240. The molecule has 0 aliphatic heterocycles. The minimum atomic E-state index is -0.258. The summed E-state index contributed by atoms with van der Waals surface area (Å²) in [6.45, 7) is 9.46. The lowest BCUT2D eigenvalue weighted by Gasteiger charge is -2.62. The molecule has 4 saturated carbocycles. The van der Waals surface area contributed by atoms with Gasteiger partial charge in [-0.3, -0.25) is 4.79 Å². The van der Waals surface area contributed by atoms with E-state index >= 15 is 0 Å². The van der Waals surface area contributed by atoms with E-state index in [1.54, 1.807) is 0 Å². The number of ether oxygens (including phenoxy) is 2. The molecular formula is C26H40O3. The lowest BCUT2D eigenvalue weighted by molar-refractivity contribution is -0.216. The Labute approximate surface area is 177 Å². The first kappa shape index (κ1) is 22.2. The van der Waals surface area contributed by atoms with Crippen LogP contribution in [0.3, 0.4) is 0 Å². The van der Waals surface area contributed by atoms with E-state index < -0.39 is 0 Å². The Morgan fingerprint density at radius 3 is 2.28 bits per heavy atom. The van der Waals surface area contributed by atoms with Gasteiger partial charge in [-0.1, -0.05) is 40.3 Å². The van der Waals surface area contributed by atoms with Crippen LogP contribution >= 0.6 is 0 Å². The molecule has 29 heavy (non-hydrogen) atoms. The van der Waals surface area contributed by atoms with E-state index in [2.05, 4.69) is 39.8 Å².